The number of ether oxygens (including phenoxy) is 1. The lowest BCUT2D eigenvalue weighted by atomic mass is 9.79. The quantitative estimate of drug-likeness (QED) is 0.834. The Kier molecular flexibility index (Phi) is 5.74. The van der Waals surface area contributed by atoms with E-state index in [0.29, 0.717) is 12.1 Å². The molecule has 130 valence electrons. The summed E-state index contributed by atoms with van der Waals surface area (Å²) in [4.78, 5) is 0. The summed E-state index contributed by atoms with van der Waals surface area (Å²) in [5, 5.41) is 7.61. The van der Waals surface area contributed by atoms with Gasteiger partial charge in [-0.1, -0.05) is 12.1 Å². The van der Waals surface area contributed by atoms with E-state index in [1.54, 1.807) is 7.11 Å². The van der Waals surface area contributed by atoms with Crippen LogP contribution in [0.3, 0.4) is 0 Å². The van der Waals surface area contributed by atoms with Crippen LogP contribution >= 0.6 is 0 Å². The highest BCUT2D eigenvalue weighted by molar-refractivity contribution is 5.27. The summed E-state index contributed by atoms with van der Waals surface area (Å²) in [6.45, 7) is 11.6. The van der Waals surface area contributed by atoms with Crippen LogP contribution in [0.2, 0.25) is 0 Å². The van der Waals surface area contributed by atoms with E-state index in [1.165, 1.54) is 18.4 Å². The van der Waals surface area contributed by atoms with E-state index in [1.807, 2.05) is 12.1 Å². The van der Waals surface area contributed by atoms with Gasteiger partial charge in [0.05, 0.1) is 7.11 Å². The molecule has 0 aliphatic carbocycles. The molecule has 23 heavy (non-hydrogen) atoms. The SMILES string of the molecule is COc1ccc(CC[C@@H](C)NC2CC(C)(C)NC(C)(C)C2)cc1. The van der Waals surface area contributed by atoms with Crippen molar-refractivity contribution < 1.29 is 4.74 Å². The Morgan fingerprint density at radius 1 is 1.13 bits per heavy atom. The second kappa shape index (κ2) is 7.23. The maximum Gasteiger partial charge on any atom is 0.118 e. The zero-order chi connectivity index (χ0) is 17.1. The van der Waals surface area contributed by atoms with Gasteiger partial charge in [0.1, 0.15) is 5.75 Å². The second-order valence-electron chi connectivity index (χ2n) is 8.45. The number of rotatable bonds is 6. The maximum atomic E-state index is 5.22. The molecule has 3 heteroatoms. The summed E-state index contributed by atoms with van der Waals surface area (Å²) >= 11 is 0. The fourth-order valence-electron chi connectivity index (χ4n) is 4.10. The minimum Gasteiger partial charge on any atom is -0.497 e. The third kappa shape index (κ3) is 5.82. The average molecular weight is 319 g/mol. The molecule has 0 spiro atoms. The molecule has 1 fully saturated rings. The monoisotopic (exact) mass is 318 g/mol. The number of methoxy groups -OCH3 is 1. The Morgan fingerprint density at radius 2 is 1.70 bits per heavy atom. The van der Waals surface area contributed by atoms with Crippen LogP contribution in [0.4, 0.5) is 0 Å². The van der Waals surface area contributed by atoms with Gasteiger partial charge in [0.15, 0.2) is 0 Å². The summed E-state index contributed by atoms with van der Waals surface area (Å²) in [5.41, 5.74) is 1.79. The molecule has 2 rings (SSSR count). The Bertz CT molecular complexity index is 477. The largest absolute Gasteiger partial charge is 0.497 e. The van der Waals surface area contributed by atoms with Gasteiger partial charge in [0.2, 0.25) is 0 Å². The average Bonchev–Trinajstić information content (AvgIpc) is 2.42. The van der Waals surface area contributed by atoms with Crippen LogP contribution in [0.15, 0.2) is 24.3 Å². The van der Waals surface area contributed by atoms with Gasteiger partial charge < -0.3 is 15.4 Å². The zero-order valence-electron chi connectivity index (χ0n) is 15.7. The van der Waals surface area contributed by atoms with Crippen molar-refractivity contribution in [3.05, 3.63) is 29.8 Å². The van der Waals surface area contributed by atoms with E-state index in [2.05, 4.69) is 57.4 Å². The van der Waals surface area contributed by atoms with Crippen LogP contribution in [-0.4, -0.2) is 30.3 Å². The zero-order valence-corrected chi connectivity index (χ0v) is 15.7. The number of nitrogens with one attached hydrogen (secondary N) is 2. The molecule has 1 atom stereocenters. The molecule has 1 saturated heterocycles. The van der Waals surface area contributed by atoms with E-state index >= 15 is 0 Å². The number of hydrogen-bond acceptors (Lipinski definition) is 3. The van der Waals surface area contributed by atoms with Crippen LogP contribution in [0, 0.1) is 0 Å². The first-order valence-electron chi connectivity index (χ1n) is 8.87. The van der Waals surface area contributed by atoms with Gasteiger partial charge in [-0.25, -0.2) is 0 Å². The van der Waals surface area contributed by atoms with Gasteiger partial charge in [-0.2, -0.15) is 0 Å². The summed E-state index contributed by atoms with van der Waals surface area (Å²) in [6, 6.07) is 9.56. The van der Waals surface area contributed by atoms with Crippen molar-refractivity contribution >= 4 is 0 Å². The van der Waals surface area contributed by atoms with E-state index in [4.69, 9.17) is 4.74 Å². The van der Waals surface area contributed by atoms with Crippen LogP contribution < -0.4 is 15.4 Å². The lowest BCUT2D eigenvalue weighted by molar-refractivity contribution is 0.140. The molecule has 3 nitrogen and oxygen atoms in total. The molecule has 0 radical (unpaired) electrons. The summed E-state index contributed by atoms with van der Waals surface area (Å²) in [6.07, 6.45) is 4.64. The standard InChI is InChI=1S/C20H34N2O/c1-15(7-8-16-9-11-18(23-6)12-10-16)21-17-13-19(2,3)22-20(4,5)14-17/h9-12,15,17,21-22H,7-8,13-14H2,1-6H3/t15-/m1/s1. The second-order valence-corrected chi connectivity index (χ2v) is 8.45. The maximum absolute atomic E-state index is 5.22. The molecule has 2 N–H and O–H groups in total. The van der Waals surface area contributed by atoms with Crippen LogP contribution in [-0.2, 0) is 6.42 Å². The first kappa shape index (κ1) is 18.3. The first-order chi connectivity index (χ1) is 10.7. The third-order valence-corrected chi connectivity index (χ3v) is 4.74. The van der Waals surface area contributed by atoms with Crippen molar-refractivity contribution in [2.24, 2.45) is 0 Å². The number of piperidine rings is 1. The lowest BCUT2D eigenvalue weighted by Crippen LogP contribution is -2.62. The van der Waals surface area contributed by atoms with Crippen molar-refractivity contribution in [2.75, 3.05) is 7.11 Å². The molecule has 0 aromatic heterocycles. The van der Waals surface area contributed by atoms with Gasteiger partial charge in [-0.3, -0.25) is 0 Å². The Morgan fingerprint density at radius 3 is 2.22 bits per heavy atom. The topological polar surface area (TPSA) is 33.3 Å². The summed E-state index contributed by atoms with van der Waals surface area (Å²) in [5.74, 6) is 0.930. The van der Waals surface area contributed by atoms with Crippen molar-refractivity contribution in [3.8, 4) is 5.75 Å². The highest BCUT2D eigenvalue weighted by atomic mass is 16.5. The van der Waals surface area contributed by atoms with Gasteiger partial charge in [-0.15, -0.1) is 0 Å². The molecule has 0 saturated carbocycles. The molecular weight excluding hydrogens is 284 g/mol. The van der Waals surface area contributed by atoms with Crippen molar-refractivity contribution in [1.82, 2.24) is 10.6 Å². The highest BCUT2D eigenvalue weighted by Crippen LogP contribution is 2.29. The third-order valence-electron chi connectivity index (χ3n) is 4.74. The van der Waals surface area contributed by atoms with Crippen LogP contribution in [0.1, 0.15) is 59.4 Å². The predicted octanol–water partition coefficient (Wildman–Crippen LogP) is 3.92. The normalized spacial score (nSPS) is 21.8. The minimum atomic E-state index is 0.203. The number of hydrogen-bond donors (Lipinski definition) is 2. The van der Waals surface area contributed by atoms with E-state index in [0.717, 1.165) is 18.6 Å². The molecular formula is C20H34N2O. The van der Waals surface area contributed by atoms with Gasteiger partial charge in [0.25, 0.3) is 0 Å². The van der Waals surface area contributed by atoms with Crippen LogP contribution in [0.25, 0.3) is 0 Å². The first-order valence-corrected chi connectivity index (χ1v) is 8.87. The predicted molar refractivity (Wildman–Crippen MR) is 98.2 cm³/mol. The number of benzene rings is 1. The molecule has 0 unspecified atom stereocenters. The fourth-order valence-corrected chi connectivity index (χ4v) is 4.10. The Labute approximate surface area is 142 Å². The Balaban J connectivity index is 1.82. The van der Waals surface area contributed by atoms with Crippen molar-refractivity contribution in [3.63, 3.8) is 0 Å². The molecule has 0 amide bonds. The van der Waals surface area contributed by atoms with E-state index < -0.39 is 0 Å². The molecule has 1 aromatic carbocycles. The van der Waals surface area contributed by atoms with Crippen molar-refractivity contribution in [2.45, 2.75) is 83.5 Å². The Hall–Kier alpha value is -1.06. The summed E-state index contributed by atoms with van der Waals surface area (Å²) in [7, 11) is 1.71. The molecule has 1 heterocycles. The minimum absolute atomic E-state index is 0.203. The van der Waals surface area contributed by atoms with E-state index in [-0.39, 0.29) is 11.1 Å². The highest BCUT2D eigenvalue weighted by Gasteiger charge is 2.37. The van der Waals surface area contributed by atoms with Crippen LogP contribution in [0.5, 0.6) is 5.75 Å². The van der Waals surface area contributed by atoms with Crippen molar-refractivity contribution in [1.29, 1.82) is 0 Å². The molecule has 1 aromatic rings. The molecule has 1 aliphatic heterocycles. The summed E-state index contributed by atoms with van der Waals surface area (Å²) < 4.78 is 5.22. The van der Waals surface area contributed by atoms with Gasteiger partial charge in [0, 0.05) is 23.2 Å². The van der Waals surface area contributed by atoms with Gasteiger partial charge >= 0.3 is 0 Å². The van der Waals surface area contributed by atoms with E-state index in [9.17, 15) is 0 Å². The van der Waals surface area contributed by atoms with Gasteiger partial charge in [-0.05, 0) is 78.0 Å². The fraction of sp³-hybridized carbons (Fsp3) is 0.700. The number of aryl methyl sites for hydroxylation is 1. The molecule has 1 aliphatic rings. The lowest BCUT2D eigenvalue weighted by Gasteiger charge is -2.47. The smallest absolute Gasteiger partial charge is 0.118 e. The molecule has 0 bridgehead atoms.